The maximum absolute atomic E-state index is 11.5. The van der Waals surface area contributed by atoms with E-state index in [4.69, 9.17) is 9.47 Å². The number of ether oxygens (including phenoxy) is 2. The summed E-state index contributed by atoms with van der Waals surface area (Å²) in [5, 5.41) is 20.2. The van der Waals surface area contributed by atoms with Gasteiger partial charge < -0.3 is 24.7 Å². The van der Waals surface area contributed by atoms with Gasteiger partial charge in [-0.3, -0.25) is 4.79 Å². The van der Waals surface area contributed by atoms with E-state index in [1.54, 1.807) is 25.3 Å². The number of carbonyl (C=O) groups is 2. The number of rotatable bonds is 6. The largest absolute Gasteiger partial charge is 0.550 e. The highest BCUT2D eigenvalue weighted by atomic mass is 32.2. The first kappa shape index (κ1) is 16.8. The van der Waals surface area contributed by atoms with Gasteiger partial charge in [0.15, 0.2) is 16.7 Å². The molecule has 0 radical (unpaired) electrons. The van der Waals surface area contributed by atoms with E-state index in [0.717, 1.165) is 17.3 Å². The topological polar surface area (TPSA) is 112 Å². The maximum atomic E-state index is 11.5. The highest BCUT2D eigenvalue weighted by Crippen LogP contribution is 2.27. The van der Waals surface area contributed by atoms with Gasteiger partial charge in [0, 0.05) is 12.4 Å². The molecular formula is C14H14N3O5S-. The summed E-state index contributed by atoms with van der Waals surface area (Å²) in [7, 11) is 3.07. The molecule has 1 amide bonds. The number of carbonyl (C=O) groups excluding carboxylic acids is 2. The quantitative estimate of drug-likeness (QED) is 0.567. The Morgan fingerprint density at radius 3 is 2.78 bits per heavy atom. The number of hydrogen-bond acceptors (Lipinski definition) is 8. The van der Waals surface area contributed by atoms with Gasteiger partial charge in [0.1, 0.15) is 0 Å². The van der Waals surface area contributed by atoms with Gasteiger partial charge in [0.05, 0.1) is 25.7 Å². The fourth-order valence-corrected chi connectivity index (χ4v) is 2.73. The zero-order valence-corrected chi connectivity index (χ0v) is 13.3. The minimum Gasteiger partial charge on any atom is -0.550 e. The van der Waals surface area contributed by atoms with Crippen LogP contribution in [0.4, 0.5) is 0 Å². The molecule has 0 bridgehead atoms. The predicted molar refractivity (Wildman–Crippen MR) is 83.7 cm³/mol. The number of nitrogens with one attached hydrogen (secondary N) is 1. The van der Waals surface area contributed by atoms with Crippen LogP contribution in [0.15, 0.2) is 28.4 Å². The van der Waals surface area contributed by atoms with Gasteiger partial charge in [0.2, 0.25) is 5.91 Å². The smallest absolute Gasteiger partial charge is 0.239 e. The monoisotopic (exact) mass is 336 g/mol. The first-order chi connectivity index (χ1) is 11.0. The Morgan fingerprint density at radius 2 is 2.13 bits per heavy atom. The Labute approximate surface area is 136 Å². The highest BCUT2D eigenvalue weighted by Gasteiger charge is 2.30. The van der Waals surface area contributed by atoms with Crippen molar-refractivity contribution in [3.8, 4) is 11.5 Å². The molecule has 1 aliphatic rings. The number of amides is 1. The van der Waals surface area contributed by atoms with Crippen LogP contribution in [0.25, 0.3) is 0 Å². The fraction of sp³-hybridized carbons (Fsp3) is 0.286. The number of carboxylic acids is 1. The fourth-order valence-electron chi connectivity index (χ4n) is 1.82. The summed E-state index contributed by atoms with van der Waals surface area (Å²) in [6.45, 7) is 0. The molecule has 1 atom stereocenters. The molecule has 0 aromatic heterocycles. The van der Waals surface area contributed by atoms with E-state index in [0.29, 0.717) is 11.5 Å². The highest BCUT2D eigenvalue weighted by molar-refractivity contribution is 8.15. The third-order valence-corrected chi connectivity index (χ3v) is 3.96. The lowest BCUT2D eigenvalue weighted by atomic mass is 10.2. The second-order valence-electron chi connectivity index (χ2n) is 4.44. The first-order valence-corrected chi connectivity index (χ1v) is 7.42. The van der Waals surface area contributed by atoms with Gasteiger partial charge in [-0.05, 0) is 23.8 Å². The van der Waals surface area contributed by atoms with Crippen molar-refractivity contribution in [3.05, 3.63) is 23.8 Å². The van der Waals surface area contributed by atoms with Gasteiger partial charge in [-0.25, -0.2) is 0 Å². The SMILES string of the molecule is COc1ccc(/C=N\N=C2/NC(=O)[C@@H](CC(=O)[O-])S2)cc1OC. The third kappa shape index (κ3) is 4.46. The molecule has 1 aromatic carbocycles. The lowest BCUT2D eigenvalue weighted by molar-refractivity contribution is -0.305. The summed E-state index contributed by atoms with van der Waals surface area (Å²) in [6, 6.07) is 5.22. The van der Waals surface area contributed by atoms with Crippen molar-refractivity contribution in [1.29, 1.82) is 0 Å². The first-order valence-electron chi connectivity index (χ1n) is 6.54. The summed E-state index contributed by atoms with van der Waals surface area (Å²) in [6.07, 6.45) is 1.11. The molecule has 8 nitrogen and oxygen atoms in total. The summed E-state index contributed by atoms with van der Waals surface area (Å²) in [5.41, 5.74) is 0.729. The Hall–Kier alpha value is -2.55. The molecule has 2 rings (SSSR count). The number of aliphatic carboxylic acids is 1. The molecular weight excluding hydrogens is 322 g/mol. The molecule has 9 heteroatoms. The molecule has 1 aromatic rings. The number of hydrogen-bond donors (Lipinski definition) is 1. The number of amidine groups is 1. The maximum Gasteiger partial charge on any atom is 0.239 e. The van der Waals surface area contributed by atoms with Crippen LogP contribution in [-0.4, -0.2) is 42.7 Å². The third-order valence-electron chi connectivity index (χ3n) is 2.89. The molecule has 0 unspecified atom stereocenters. The van der Waals surface area contributed by atoms with E-state index in [9.17, 15) is 14.7 Å². The summed E-state index contributed by atoms with van der Waals surface area (Å²) in [5.74, 6) is -0.548. The van der Waals surface area contributed by atoms with E-state index in [-0.39, 0.29) is 11.6 Å². The molecule has 1 fully saturated rings. The van der Waals surface area contributed by atoms with Crippen LogP contribution < -0.4 is 19.9 Å². The number of carboxylic acid groups (broad SMARTS) is 1. The van der Waals surface area contributed by atoms with Crippen molar-refractivity contribution in [1.82, 2.24) is 5.32 Å². The number of nitrogens with zero attached hydrogens (tertiary/aromatic N) is 2. The average molecular weight is 336 g/mol. The zero-order valence-electron chi connectivity index (χ0n) is 12.4. The minimum absolute atomic E-state index is 0.248. The number of thioether (sulfide) groups is 1. The molecule has 0 spiro atoms. The lowest BCUT2D eigenvalue weighted by Gasteiger charge is -2.07. The van der Waals surface area contributed by atoms with Gasteiger partial charge in [-0.15, -0.1) is 5.10 Å². The second-order valence-corrected chi connectivity index (χ2v) is 5.63. The standard InChI is InChI=1S/C14H15N3O5S/c1-21-9-4-3-8(5-10(9)22-2)7-15-17-14-16-13(20)11(23-14)6-12(18)19/h3-5,7,11H,6H2,1-2H3,(H,18,19)(H,16,17,20)/p-1/b15-7-/t11-/m1/s1. The van der Waals surface area contributed by atoms with Gasteiger partial charge in [-0.2, -0.15) is 5.10 Å². The normalized spacial score (nSPS) is 19.1. The van der Waals surface area contributed by atoms with Crippen LogP contribution in [0.5, 0.6) is 11.5 Å². The van der Waals surface area contributed by atoms with E-state index < -0.39 is 17.1 Å². The van der Waals surface area contributed by atoms with Crippen molar-refractivity contribution in [3.63, 3.8) is 0 Å². The Bertz CT molecular complexity index is 674. The molecule has 122 valence electrons. The van der Waals surface area contributed by atoms with Crippen molar-refractivity contribution in [2.45, 2.75) is 11.7 Å². The van der Waals surface area contributed by atoms with Gasteiger partial charge in [0.25, 0.3) is 0 Å². The van der Waals surface area contributed by atoms with Gasteiger partial charge in [-0.1, -0.05) is 11.8 Å². The molecule has 1 N–H and O–H groups in total. The Kier molecular flexibility index (Phi) is 5.58. The van der Waals surface area contributed by atoms with E-state index >= 15 is 0 Å². The average Bonchev–Trinajstić information content (AvgIpc) is 2.86. The second kappa shape index (κ2) is 7.63. The van der Waals surface area contributed by atoms with Crippen molar-refractivity contribution in [2.24, 2.45) is 10.2 Å². The molecule has 0 aliphatic carbocycles. The van der Waals surface area contributed by atoms with Crippen LogP contribution in [-0.2, 0) is 9.59 Å². The molecule has 1 aliphatic heterocycles. The Balaban J connectivity index is 2.04. The Morgan fingerprint density at radius 1 is 1.39 bits per heavy atom. The predicted octanol–water partition coefficient (Wildman–Crippen LogP) is -0.235. The van der Waals surface area contributed by atoms with Crippen LogP contribution in [0.3, 0.4) is 0 Å². The summed E-state index contributed by atoms with van der Waals surface area (Å²) in [4.78, 5) is 22.0. The van der Waals surface area contributed by atoms with Crippen molar-refractivity contribution in [2.75, 3.05) is 14.2 Å². The van der Waals surface area contributed by atoms with E-state index in [1.165, 1.54) is 13.3 Å². The zero-order chi connectivity index (χ0) is 16.8. The van der Waals surface area contributed by atoms with Crippen molar-refractivity contribution >= 4 is 35.0 Å². The molecule has 1 saturated heterocycles. The molecule has 0 saturated carbocycles. The summed E-state index contributed by atoms with van der Waals surface area (Å²) >= 11 is 1.01. The molecule has 23 heavy (non-hydrogen) atoms. The van der Waals surface area contributed by atoms with Crippen LogP contribution in [0, 0.1) is 0 Å². The minimum atomic E-state index is -1.28. The summed E-state index contributed by atoms with van der Waals surface area (Å²) < 4.78 is 10.3. The van der Waals surface area contributed by atoms with Crippen molar-refractivity contribution < 1.29 is 24.2 Å². The van der Waals surface area contributed by atoms with E-state index in [2.05, 4.69) is 15.5 Å². The number of benzene rings is 1. The molecule has 1 heterocycles. The lowest BCUT2D eigenvalue weighted by Crippen LogP contribution is -2.31. The van der Waals surface area contributed by atoms with Crippen LogP contribution >= 0.6 is 11.8 Å². The van der Waals surface area contributed by atoms with E-state index in [1.807, 2.05) is 0 Å². The van der Waals surface area contributed by atoms with Crippen LogP contribution in [0.2, 0.25) is 0 Å². The number of methoxy groups -OCH3 is 2. The van der Waals surface area contributed by atoms with Gasteiger partial charge >= 0.3 is 0 Å². The van der Waals surface area contributed by atoms with Crippen LogP contribution in [0.1, 0.15) is 12.0 Å².